The smallest absolute Gasteiger partial charge is 0.140 e. The molecule has 0 aromatic carbocycles. The summed E-state index contributed by atoms with van der Waals surface area (Å²) >= 11 is 6.27. The maximum Gasteiger partial charge on any atom is 0.140 e. The fourth-order valence-electron chi connectivity index (χ4n) is 5.14. The molecule has 0 amide bonds. The van der Waals surface area contributed by atoms with E-state index in [4.69, 9.17) is 16.6 Å². The van der Waals surface area contributed by atoms with Gasteiger partial charge in [-0.3, -0.25) is 4.98 Å². The van der Waals surface area contributed by atoms with E-state index in [2.05, 4.69) is 46.6 Å². The molecule has 0 radical (unpaired) electrons. The molecule has 2 aliphatic rings. The third-order valence-electron chi connectivity index (χ3n) is 5.87. The van der Waals surface area contributed by atoms with Gasteiger partial charge in [0.25, 0.3) is 0 Å². The van der Waals surface area contributed by atoms with Crippen LogP contribution >= 0.6 is 11.6 Å². The van der Waals surface area contributed by atoms with E-state index in [1.54, 1.807) is 6.20 Å². The van der Waals surface area contributed by atoms with Gasteiger partial charge in [-0.1, -0.05) is 18.5 Å². The van der Waals surface area contributed by atoms with Crippen LogP contribution in [-0.4, -0.2) is 33.0 Å². The van der Waals surface area contributed by atoms with E-state index in [0.29, 0.717) is 10.9 Å². The minimum Gasteiger partial charge on any atom is -0.328 e. The molecule has 128 valence electrons. The van der Waals surface area contributed by atoms with Crippen molar-refractivity contribution >= 4 is 22.6 Å². The van der Waals surface area contributed by atoms with Gasteiger partial charge in [-0.25, -0.2) is 4.98 Å². The Balaban J connectivity index is 1.76. The quantitative estimate of drug-likeness (QED) is 0.664. The molecule has 0 spiro atoms. The SMILES string of the molecule is CN1Cc2c3n(c4ncc(Cl)cc24)CC(c2ccncc2)CC3(C)C1. The molecule has 5 heteroatoms. The molecule has 0 aliphatic carbocycles. The predicted molar refractivity (Wildman–Crippen MR) is 100 cm³/mol. The highest BCUT2D eigenvalue weighted by molar-refractivity contribution is 6.31. The van der Waals surface area contributed by atoms with Gasteiger partial charge in [0.15, 0.2) is 0 Å². The van der Waals surface area contributed by atoms with Gasteiger partial charge in [-0.05, 0) is 42.8 Å². The number of nitrogens with zero attached hydrogens (tertiary/aromatic N) is 4. The van der Waals surface area contributed by atoms with Crippen molar-refractivity contribution in [2.45, 2.75) is 37.8 Å². The zero-order valence-electron chi connectivity index (χ0n) is 14.5. The molecule has 0 bridgehead atoms. The molecule has 0 fully saturated rings. The molecule has 5 rings (SSSR count). The molecule has 0 saturated carbocycles. The summed E-state index contributed by atoms with van der Waals surface area (Å²) in [6, 6.07) is 6.40. The van der Waals surface area contributed by atoms with Crippen LogP contribution in [0.1, 0.15) is 36.1 Å². The third-order valence-corrected chi connectivity index (χ3v) is 6.07. The fraction of sp³-hybridized carbons (Fsp3) is 0.400. The second-order valence-electron chi connectivity index (χ2n) is 7.88. The standard InChI is InChI=1S/C20H21ClN4/c1-20-8-14(13-3-5-22-6-4-13)10-25-18(20)17(11-24(2)12-20)16-7-15(21)9-23-19(16)25/h3-7,9,14H,8,10-12H2,1-2H3. The second kappa shape index (κ2) is 5.29. The molecule has 4 nitrogen and oxygen atoms in total. The molecule has 3 aromatic heterocycles. The Morgan fingerprint density at radius 1 is 1.28 bits per heavy atom. The molecular weight excluding hydrogens is 332 g/mol. The number of halogens is 1. The van der Waals surface area contributed by atoms with E-state index in [1.807, 2.05) is 12.4 Å². The Kier molecular flexibility index (Phi) is 3.25. The Hall–Kier alpha value is -1.91. The van der Waals surface area contributed by atoms with Crippen molar-refractivity contribution < 1.29 is 0 Å². The van der Waals surface area contributed by atoms with Crippen molar-refractivity contribution in [3.05, 3.63) is 58.6 Å². The first-order chi connectivity index (χ1) is 12.0. The summed E-state index contributed by atoms with van der Waals surface area (Å²) in [6.45, 7) is 5.43. The number of fused-ring (bicyclic) bond motifs is 3. The molecule has 3 aromatic rings. The Morgan fingerprint density at radius 3 is 2.88 bits per heavy atom. The summed E-state index contributed by atoms with van der Waals surface area (Å²) in [7, 11) is 2.21. The Labute approximate surface area is 152 Å². The van der Waals surface area contributed by atoms with Crippen molar-refractivity contribution in [3.63, 3.8) is 0 Å². The predicted octanol–water partition coefficient (Wildman–Crippen LogP) is 3.98. The first-order valence-corrected chi connectivity index (χ1v) is 9.18. The lowest BCUT2D eigenvalue weighted by atomic mass is 9.70. The van der Waals surface area contributed by atoms with E-state index in [-0.39, 0.29) is 5.41 Å². The number of pyridine rings is 2. The summed E-state index contributed by atoms with van der Waals surface area (Å²) in [5, 5.41) is 1.93. The molecule has 2 aliphatic heterocycles. The highest BCUT2D eigenvalue weighted by Gasteiger charge is 2.44. The molecule has 5 heterocycles. The van der Waals surface area contributed by atoms with Crippen molar-refractivity contribution in [2.75, 3.05) is 13.6 Å². The van der Waals surface area contributed by atoms with Gasteiger partial charge >= 0.3 is 0 Å². The number of aromatic nitrogens is 3. The Bertz CT molecular complexity index is 965. The molecule has 25 heavy (non-hydrogen) atoms. The van der Waals surface area contributed by atoms with Crippen molar-refractivity contribution in [1.29, 1.82) is 0 Å². The van der Waals surface area contributed by atoms with Crippen LogP contribution in [0, 0.1) is 0 Å². The van der Waals surface area contributed by atoms with Crippen LogP contribution in [0.5, 0.6) is 0 Å². The van der Waals surface area contributed by atoms with Crippen LogP contribution in [0.3, 0.4) is 0 Å². The van der Waals surface area contributed by atoms with E-state index in [0.717, 1.165) is 31.7 Å². The minimum atomic E-state index is 0.127. The number of rotatable bonds is 1. The topological polar surface area (TPSA) is 34.0 Å². The fourth-order valence-corrected chi connectivity index (χ4v) is 5.30. The monoisotopic (exact) mass is 352 g/mol. The van der Waals surface area contributed by atoms with Crippen LogP contribution in [-0.2, 0) is 18.5 Å². The minimum absolute atomic E-state index is 0.127. The third kappa shape index (κ3) is 2.24. The van der Waals surface area contributed by atoms with Gasteiger partial charge in [-0.2, -0.15) is 0 Å². The van der Waals surface area contributed by atoms with Crippen LogP contribution in [0.15, 0.2) is 36.8 Å². The van der Waals surface area contributed by atoms with Crippen molar-refractivity contribution in [3.8, 4) is 0 Å². The van der Waals surface area contributed by atoms with E-state index in [1.165, 1.54) is 22.2 Å². The number of likely N-dealkylation sites (N-methyl/N-ethyl adjacent to an activating group) is 1. The highest BCUT2D eigenvalue weighted by atomic mass is 35.5. The van der Waals surface area contributed by atoms with Crippen molar-refractivity contribution in [2.24, 2.45) is 0 Å². The Morgan fingerprint density at radius 2 is 2.08 bits per heavy atom. The average Bonchev–Trinajstić information content (AvgIpc) is 2.89. The van der Waals surface area contributed by atoms with Gasteiger partial charge in [-0.15, -0.1) is 0 Å². The van der Waals surface area contributed by atoms with E-state index >= 15 is 0 Å². The first kappa shape index (κ1) is 15.4. The molecule has 2 atom stereocenters. The maximum atomic E-state index is 6.27. The van der Waals surface area contributed by atoms with Crippen LogP contribution in [0.4, 0.5) is 0 Å². The second-order valence-corrected chi connectivity index (χ2v) is 8.31. The summed E-state index contributed by atoms with van der Waals surface area (Å²) in [4.78, 5) is 11.3. The summed E-state index contributed by atoms with van der Waals surface area (Å²) in [6.07, 6.45) is 6.73. The summed E-state index contributed by atoms with van der Waals surface area (Å²) in [5.41, 5.74) is 5.46. The lowest BCUT2D eigenvalue weighted by Gasteiger charge is -2.45. The van der Waals surface area contributed by atoms with E-state index < -0.39 is 0 Å². The molecule has 0 N–H and O–H groups in total. The van der Waals surface area contributed by atoms with Crippen LogP contribution in [0.25, 0.3) is 11.0 Å². The number of hydrogen-bond acceptors (Lipinski definition) is 3. The lowest BCUT2D eigenvalue weighted by Crippen LogP contribution is -2.47. The van der Waals surface area contributed by atoms with Gasteiger partial charge < -0.3 is 9.47 Å². The zero-order valence-corrected chi connectivity index (χ0v) is 15.3. The summed E-state index contributed by atoms with van der Waals surface area (Å²) in [5.74, 6) is 0.480. The maximum absolute atomic E-state index is 6.27. The van der Waals surface area contributed by atoms with Gasteiger partial charge in [0.2, 0.25) is 0 Å². The van der Waals surface area contributed by atoms with Gasteiger partial charge in [0.05, 0.1) is 5.02 Å². The molecular formula is C20H21ClN4. The highest BCUT2D eigenvalue weighted by Crippen LogP contribution is 2.48. The first-order valence-electron chi connectivity index (χ1n) is 8.81. The average molecular weight is 353 g/mol. The summed E-state index contributed by atoms with van der Waals surface area (Å²) < 4.78 is 2.46. The zero-order chi connectivity index (χ0) is 17.2. The molecule has 0 saturated heterocycles. The van der Waals surface area contributed by atoms with E-state index in [9.17, 15) is 0 Å². The van der Waals surface area contributed by atoms with Crippen molar-refractivity contribution in [1.82, 2.24) is 19.4 Å². The molecule has 2 unspecified atom stereocenters. The van der Waals surface area contributed by atoms with Crippen LogP contribution in [0.2, 0.25) is 5.02 Å². The van der Waals surface area contributed by atoms with Crippen LogP contribution < -0.4 is 0 Å². The van der Waals surface area contributed by atoms with Gasteiger partial charge in [0, 0.05) is 60.6 Å². The number of hydrogen-bond donors (Lipinski definition) is 0. The largest absolute Gasteiger partial charge is 0.328 e. The van der Waals surface area contributed by atoms with Gasteiger partial charge in [0.1, 0.15) is 5.65 Å². The lowest BCUT2D eigenvalue weighted by molar-refractivity contribution is 0.177. The normalized spacial score (nSPS) is 26.0.